The second kappa shape index (κ2) is 5.31. The summed E-state index contributed by atoms with van der Waals surface area (Å²) < 4.78 is 6.25. The van der Waals surface area contributed by atoms with Gasteiger partial charge < -0.3 is 10.1 Å². The summed E-state index contributed by atoms with van der Waals surface area (Å²) in [5.74, 6) is 0. The van der Waals surface area contributed by atoms with E-state index in [1.165, 1.54) is 51.4 Å². The fourth-order valence-electron chi connectivity index (χ4n) is 2.46. The molecule has 0 atom stereocenters. The third-order valence-electron chi connectivity index (χ3n) is 3.92. The minimum atomic E-state index is 0.284. The van der Waals surface area contributed by atoms with Gasteiger partial charge in [-0.2, -0.15) is 0 Å². The molecule has 0 aromatic rings. The molecule has 0 heterocycles. The van der Waals surface area contributed by atoms with Crippen LogP contribution in [0.25, 0.3) is 0 Å². The summed E-state index contributed by atoms with van der Waals surface area (Å²) in [7, 11) is 0. The molecule has 2 rings (SSSR count). The van der Waals surface area contributed by atoms with E-state index in [-0.39, 0.29) is 5.60 Å². The minimum absolute atomic E-state index is 0.284. The molecule has 1 N–H and O–H groups in total. The molecule has 2 saturated carbocycles. The Morgan fingerprint density at radius 3 is 2.47 bits per heavy atom. The van der Waals surface area contributed by atoms with E-state index in [9.17, 15) is 0 Å². The van der Waals surface area contributed by atoms with Gasteiger partial charge in [0, 0.05) is 0 Å². The summed E-state index contributed by atoms with van der Waals surface area (Å²) in [6.45, 7) is 4.51. The van der Waals surface area contributed by atoms with Crippen LogP contribution >= 0.6 is 0 Å². The molecule has 0 saturated heterocycles. The summed E-state index contributed by atoms with van der Waals surface area (Å²) in [4.78, 5) is 0. The van der Waals surface area contributed by atoms with Crippen LogP contribution in [0.5, 0.6) is 0 Å². The zero-order chi connectivity index (χ0) is 10.6. The Morgan fingerprint density at radius 1 is 1.20 bits per heavy atom. The van der Waals surface area contributed by atoms with Crippen LogP contribution < -0.4 is 5.32 Å². The molecule has 88 valence electrons. The molecule has 2 nitrogen and oxygen atoms in total. The summed E-state index contributed by atoms with van der Waals surface area (Å²) >= 11 is 0. The maximum absolute atomic E-state index is 6.25. The molecule has 0 unspecified atom stereocenters. The Morgan fingerprint density at radius 2 is 2.00 bits per heavy atom. The molecule has 0 radical (unpaired) electrons. The van der Waals surface area contributed by atoms with Gasteiger partial charge in [-0.05, 0) is 64.5 Å². The van der Waals surface area contributed by atoms with E-state index in [2.05, 4.69) is 12.2 Å². The lowest BCUT2D eigenvalue weighted by Crippen LogP contribution is -2.46. The number of nitrogens with one attached hydrogen (secondary N) is 1. The molecule has 2 heteroatoms. The van der Waals surface area contributed by atoms with Gasteiger partial charge in [0.2, 0.25) is 0 Å². The van der Waals surface area contributed by atoms with Crippen molar-refractivity contribution >= 4 is 0 Å². The SMILES string of the molecule is CCCNCCC1(OC2CCC2)CCC1. The van der Waals surface area contributed by atoms with Gasteiger partial charge in [0.05, 0.1) is 11.7 Å². The highest BCUT2D eigenvalue weighted by Crippen LogP contribution is 2.42. The molecule has 15 heavy (non-hydrogen) atoms. The molecule has 2 aliphatic rings. The van der Waals surface area contributed by atoms with E-state index in [0.717, 1.165) is 13.1 Å². The van der Waals surface area contributed by atoms with Crippen molar-refractivity contribution in [3.63, 3.8) is 0 Å². The Labute approximate surface area is 93.8 Å². The second-order valence-electron chi connectivity index (χ2n) is 5.21. The Bertz CT molecular complexity index is 185. The normalized spacial score (nSPS) is 24.6. The Balaban J connectivity index is 1.65. The zero-order valence-electron chi connectivity index (χ0n) is 10.1. The van der Waals surface area contributed by atoms with Crippen molar-refractivity contribution in [2.24, 2.45) is 0 Å². The lowest BCUT2D eigenvalue weighted by Gasteiger charge is -2.46. The van der Waals surface area contributed by atoms with Gasteiger partial charge in [-0.1, -0.05) is 6.92 Å². The number of rotatable bonds is 7. The quantitative estimate of drug-likeness (QED) is 0.654. The Hall–Kier alpha value is -0.0800. The highest BCUT2D eigenvalue weighted by Gasteiger charge is 2.40. The average Bonchev–Trinajstić information content (AvgIpc) is 2.12. The van der Waals surface area contributed by atoms with E-state index in [1.54, 1.807) is 0 Å². The van der Waals surface area contributed by atoms with Gasteiger partial charge in [0.1, 0.15) is 0 Å². The van der Waals surface area contributed by atoms with Crippen molar-refractivity contribution in [2.75, 3.05) is 13.1 Å². The molecule has 0 aromatic carbocycles. The first-order chi connectivity index (χ1) is 7.35. The van der Waals surface area contributed by atoms with Crippen LogP contribution in [0, 0.1) is 0 Å². The molecule has 0 aliphatic heterocycles. The summed E-state index contributed by atoms with van der Waals surface area (Å²) in [5, 5.41) is 3.49. The maximum Gasteiger partial charge on any atom is 0.0698 e. The van der Waals surface area contributed by atoms with Gasteiger partial charge in [-0.3, -0.25) is 0 Å². The molecule has 0 amide bonds. The Kier molecular flexibility index (Phi) is 4.04. The predicted molar refractivity (Wildman–Crippen MR) is 63.1 cm³/mol. The van der Waals surface area contributed by atoms with Crippen LogP contribution in [0.15, 0.2) is 0 Å². The van der Waals surface area contributed by atoms with Crippen LogP contribution in [0.2, 0.25) is 0 Å². The van der Waals surface area contributed by atoms with Crippen LogP contribution in [-0.2, 0) is 4.74 Å². The first-order valence-electron chi connectivity index (χ1n) is 6.73. The van der Waals surface area contributed by atoms with Crippen molar-refractivity contribution < 1.29 is 4.74 Å². The standard InChI is InChI=1S/C13H25NO/c1-2-10-14-11-9-13(7-4-8-13)15-12-5-3-6-12/h12,14H,2-11H2,1H3. The molecular formula is C13H25NO. The second-order valence-corrected chi connectivity index (χ2v) is 5.21. The van der Waals surface area contributed by atoms with Gasteiger partial charge in [0.25, 0.3) is 0 Å². The highest BCUT2D eigenvalue weighted by atomic mass is 16.5. The number of hydrogen-bond acceptors (Lipinski definition) is 2. The van der Waals surface area contributed by atoms with E-state index < -0.39 is 0 Å². The third kappa shape index (κ3) is 2.94. The molecule has 0 aromatic heterocycles. The largest absolute Gasteiger partial charge is 0.372 e. The first-order valence-corrected chi connectivity index (χ1v) is 6.73. The van der Waals surface area contributed by atoms with Crippen molar-refractivity contribution in [3.05, 3.63) is 0 Å². The lowest BCUT2D eigenvalue weighted by atomic mass is 9.76. The van der Waals surface area contributed by atoms with Gasteiger partial charge in [-0.15, -0.1) is 0 Å². The zero-order valence-corrected chi connectivity index (χ0v) is 10.1. The van der Waals surface area contributed by atoms with E-state index in [1.807, 2.05) is 0 Å². The van der Waals surface area contributed by atoms with Gasteiger partial charge in [0.15, 0.2) is 0 Å². The molecular weight excluding hydrogens is 186 g/mol. The predicted octanol–water partition coefficient (Wildman–Crippen LogP) is 2.87. The average molecular weight is 211 g/mol. The monoisotopic (exact) mass is 211 g/mol. The highest BCUT2D eigenvalue weighted by molar-refractivity contribution is 4.92. The van der Waals surface area contributed by atoms with Crippen LogP contribution in [-0.4, -0.2) is 24.8 Å². The maximum atomic E-state index is 6.25. The van der Waals surface area contributed by atoms with Crippen molar-refractivity contribution in [1.82, 2.24) is 5.32 Å². The minimum Gasteiger partial charge on any atom is -0.372 e. The van der Waals surface area contributed by atoms with Gasteiger partial charge in [-0.25, -0.2) is 0 Å². The molecule has 0 spiro atoms. The van der Waals surface area contributed by atoms with E-state index in [0.29, 0.717) is 6.10 Å². The van der Waals surface area contributed by atoms with E-state index in [4.69, 9.17) is 4.74 Å². The summed E-state index contributed by atoms with van der Waals surface area (Å²) in [6.07, 6.45) is 11.1. The topological polar surface area (TPSA) is 21.3 Å². The van der Waals surface area contributed by atoms with Crippen LogP contribution in [0.4, 0.5) is 0 Å². The summed E-state index contributed by atoms with van der Waals surface area (Å²) in [5.41, 5.74) is 0.284. The fraction of sp³-hybridized carbons (Fsp3) is 1.00. The van der Waals surface area contributed by atoms with Gasteiger partial charge >= 0.3 is 0 Å². The van der Waals surface area contributed by atoms with Crippen LogP contribution in [0.3, 0.4) is 0 Å². The first kappa shape index (κ1) is 11.4. The lowest BCUT2D eigenvalue weighted by molar-refractivity contribution is -0.163. The van der Waals surface area contributed by atoms with Crippen molar-refractivity contribution in [1.29, 1.82) is 0 Å². The van der Waals surface area contributed by atoms with Crippen molar-refractivity contribution in [3.8, 4) is 0 Å². The third-order valence-corrected chi connectivity index (χ3v) is 3.92. The fourth-order valence-corrected chi connectivity index (χ4v) is 2.46. The van der Waals surface area contributed by atoms with Crippen molar-refractivity contribution in [2.45, 2.75) is 70.0 Å². The molecule has 0 bridgehead atoms. The van der Waals surface area contributed by atoms with Crippen LogP contribution in [0.1, 0.15) is 58.3 Å². The van der Waals surface area contributed by atoms with E-state index >= 15 is 0 Å². The molecule has 2 aliphatic carbocycles. The number of ether oxygens (including phenoxy) is 1. The smallest absolute Gasteiger partial charge is 0.0698 e. The summed E-state index contributed by atoms with van der Waals surface area (Å²) in [6, 6.07) is 0. The molecule has 2 fully saturated rings. The number of hydrogen-bond donors (Lipinski definition) is 1.